The number of terminal acetylenes is 1. The average molecular weight is 262 g/mol. The van der Waals surface area contributed by atoms with Crippen molar-refractivity contribution in [3.63, 3.8) is 0 Å². The molecule has 5 nitrogen and oxygen atoms in total. The molecule has 96 valence electrons. The fraction of sp³-hybridized carbons (Fsp3) is 0. The normalized spacial score (nSPS) is 10.3. The minimum Gasteiger partial charge on any atom is -0.507 e. The topological polar surface area (TPSA) is 84.9 Å². The number of nitrogens with zero attached hydrogens (tertiary/aromatic N) is 3. The summed E-state index contributed by atoms with van der Waals surface area (Å²) in [6.07, 6.45) is 8.56. The van der Waals surface area contributed by atoms with Crippen LogP contribution < -0.4 is 5.73 Å². The molecule has 3 rings (SSSR count). The number of aromatic nitrogens is 3. The van der Waals surface area contributed by atoms with Crippen LogP contribution in [0.3, 0.4) is 0 Å². The van der Waals surface area contributed by atoms with Crippen LogP contribution in [-0.2, 0) is 0 Å². The van der Waals surface area contributed by atoms with Crippen LogP contribution in [0.1, 0.15) is 5.56 Å². The Morgan fingerprint density at radius 3 is 2.75 bits per heavy atom. The van der Waals surface area contributed by atoms with E-state index in [1.807, 2.05) is 0 Å². The molecule has 5 heteroatoms. The fourth-order valence-corrected chi connectivity index (χ4v) is 2.04. The van der Waals surface area contributed by atoms with Crippen LogP contribution >= 0.6 is 0 Å². The zero-order chi connectivity index (χ0) is 14.1. The van der Waals surface area contributed by atoms with Gasteiger partial charge in [0, 0.05) is 34.3 Å². The summed E-state index contributed by atoms with van der Waals surface area (Å²) < 4.78 is 0. The fourth-order valence-electron chi connectivity index (χ4n) is 2.04. The van der Waals surface area contributed by atoms with E-state index in [-0.39, 0.29) is 5.75 Å². The molecule has 3 N–H and O–H groups in total. The van der Waals surface area contributed by atoms with Gasteiger partial charge in [-0.25, -0.2) is 0 Å². The molecule has 2 heterocycles. The highest BCUT2D eigenvalue weighted by Crippen LogP contribution is 2.33. The van der Waals surface area contributed by atoms with Gasteiger partial charge >= 0.3 is 0 Å². The molecule has 0 atom stereocenters. The van der Waals surface area contributed by atoms with E-state index in [2.05, 4.69) is 21.1 Å². The third-order valence-electron chi connectivity index (χ3n) is 3.03. The van der Waals surface area contributed by atoms with Crippen molar-refractivity contribution in [1.29, 1.82) is 0 Å². The summed E-state index contributed by atoms with van der Waals surface area (Å²) >= 11 is 0. The molecule has 0 saturated heterocycles. The number of phenols is 1. The Hall–Kier alpha value is -3.13. The van der Waals surface area contributed by atoms with E-state index >= 15 is 0 Å². The molecule has 0 saturated carbocycles. The first-order chi connectivity index (χ1) is 9.70. The van der Waals surface area contributed by atoms with Crippen molar-refractivity contribution < 1.29 is 5.11 Å². The number of nitrogen functional groups attached to an aromatic ring is 1. The van der Waals surface area contributed by atoms with Crippen molar-refractivity contribution in [2.24, 2.45) is 0 Å². The highest BCUT2D eigenvalue weighted by atomic mass is 16.3. The second kappa shape index (κ2) is 4.52. The van der Waals surface area contributed by atoms with E-state index in [1.54, 1.807) is 30.6 Å². The van der Waals surface area contributed by atoms with E-state index < -0.39 is 0 Å². The second-order valence-electron chi connectivity index (χ2n) is 4.23. The van der Waals surface area contributed by atoms with Crippen LogP contribution in [-0.4, -0.2) is 20.3 Å². The Balaban J connectivity index is 2.31. The highest BCUT2D eigenvalue weighted by molar-refractivity contribution is 5.99. The van der Waals surface area contributed by atoms with Crippen LogP contribution in [0.2, 0.25) is 0 Å². The molecule has 0 aliphatic heterocycles. The molecule has 0 aliphatic carbocycles. The van der Waals surface area contributed by atoms with Crippen molar-refractivity contribution in [2.75, 3.05) is 5.73 Å². The van der Waals surface area contributed by atoms with Gasteiger partial charge in [0.15, 0.2) is 5.82 Å². The van der Waals surface area contributed by atoms with E-state index in [0.717, 1.165) is 5.39 Å². The lowest BCUT2D eigenvalue weighted by Crippen LogP contribution is -1.98. The minimum atomic E-state index is 0.0534. The van der Waals surface area contributed by atoms with Crippen molar-refractivity contribution in [2.45, 2.75) is 0 Å². The van der Waals surface area contributed by atoms with Gasteiger partial charge < -0.3 is 10.8 Å². The van der Waals surface area contributed by atoms with Gasteiger partial charge in [-0.15, -0.1) is 16.6 Å². The van der Waals surface area contributed by atoms with Crippen LogP contribution in [0, 0.1) is 12.3 Å². The number of hydrogen-bond acceptors (Lipinski definition) is 5. The summed E-state index contributed by atoms with van der Waals surface area (Å²) in [6.45, 7) is 0. The Bertz CT molecular complexity index is 852. The molecular weight excluding hydrogens is 252 g/mol. The van der Waals surface area contributed by atoms with Gasteiger partial charge in [-0.05, 0) is 24.3 Å². The van der Waals surface area contributed by atoms with Crippen molar-refractivity contribution >= 4 is 16.6 Å². The summed E-state index contributed by atoms with van der Waals surface area (Å²) in [4.78, 5) is 4.02. The molecule has 1 aromatic carbocycles. The van der Waals surface area contributed by atoms with Crippen LogP contribution in [0.5, 0.6) is 5.75 Å². The van der Waals surface area contributed by atoms with E-state index in [1.165, 1.54) is 6.07 Å². The number of hydrogen-bond donors (Lipinski definition) is 2. The van der Waals surface area contributed by atoms with E-state index in [4.69, 9.17) is 12.2 Å². The molecule has 0 aliphatic rings. The Morgan fingerprint density at radius 1 is 1.15 bits per heavy atom. The first kappa shape index (κ1) is 11.9. The zero-order valence-electron chi connectivity index (χ0n) is 10.4. The maximum absolute atomic E-state index is 10.1. The first-order valence-corrected chi connectivity index (χ1v) is 5.86. The minimum absolute atomic E-state index is 0.0534. The van der Waals surface area contributed by atoms with Gasteiger partial charge in [0.1, 0.15) is 11.4 Å². The van der Waals surface area contributed by atoms with Gasteiger partial charge in [-0.2, -0.15) is 0 Å². The largest absolute Gasteiger partial charge is 0.507 e. The van der Waals surface area contributed by atoms with Crippen molar-refractivity contribution in [3.8, 4) is 29.4 Å². The number of aromatic hydroxyl groups is 1. The lowest BCUT2D eigenvalue weighted by molar-refractivity contribution is 0.477. The first-order valence-electron chi connectivity index (χ1n) is 5.86. The Kier molecular flexibility index (Phi) is 2.70. The molecule has 0 radical (unpaired) electrons. The summed E-state index contributed by atoms with van der Waals surface area (Å²) in [5, 5.41) is 19.5. The monoisotopic (exact) mass is 262 g/mol. The van der Waals surface area contributed by atoms with Gasteiger partial charge in [0.05, 0.1) is 0 Å². The number of pyridine rings is 1. The second-order valence-corrected chi connectivity index (χ2v) is 4.23. The summed E-state index contributed by atoms with van der Waals surface area (Å²) in [5.41, 5.74) is 7.47. The molecule has 3 aromatic rings. The number of nitrogens with two attached hydrogens (primary N) is 1. The predicted octanol–water partition coefficient (Wildman–Crippen LogP) is 1.96. The molecule has 0 fully saturated rings. The van der Waals surface area contributed by atoms with E-state index in [0.29, 0.717) is 28.0 Å². The molecule has 20 heavy (non-hydrogen) atoms. The van der Waals surface area contributed by atoms with Crippen molar-refractivity contribution in [3.05, 3.63) is 42.2 Å². The standard InChI is InChI=1S/C15H10N4O/c1-2-9-3-4-11(13(20)7-9)14-10-5-6-17-8-12(10)15(16)19-18-14/h1,3-8,20H,(H2,16,19). The van der Waals surface area contributed by atoms with Gasteiger partial charge in [-0.1, -0.05) is 5.92 Å². The highest BCUT2D eigenvalue weighted by Gasteiger charge is 2.13. The molecule has 0 bridgehead atoms. The molecule has 0 spiro atoms. The number of benzene rings is 1. The zero-order valence-corrected chi connectivity index (χ0v) is 10.4. The van der Waals surface area contributed by atoms with E-state index in [9.17, 15) is 5.11 Å². The quantitative estimate of drug-likeness (QED) is 0.655. The Labute approximate surface area is 115 Å². The van der Waals surface area contributed by atoms with Gasteiger partial charge in [0.25, 0.3) is 0 Å². The molecule has 2 aromatic heterocycles. The lowest BCUT2D eigenvalue weighted by Gasteiger charge is -2.08. The summed E-state index contributed by atoms with van der Waals surface area (Å²) in [6, 6.07) is 6.75. The Morgan fingerprint density at radius 2 is 2.00 bits per heavy atom. The van der Waals surface area contributed by atoms with Gasteiger partial charge in [-0.3, -0.25) is 4.98 Å². The van der Waals surface area contributed by atoms with Crippen LogP contribution in [0.4, 0.5) is 5.82 Å². The molecular formula is C15H10N4O. The number of anilines is 1. The van der Waals surface area contributed by atoms with Crippen LogP contribution in [0.25, 0.3) is 22.0 Å². The average Bonchev–Trinajstić information content (AvgIpc) is 2.48. The summed E-state index contributed by atoms with van der Waals surface area (Å²) in [5.74, 6) is 2.82. The number of rotatable bonds is 1. The number of fused-ring (bicyclic) bond motifs is 1. The SMILES string of the molecule is C#Cc1ccc(-c2nnc(N)c3cnccc23)c(O)c1. The number of phenolic OH excluding ortho intramolecular Hbond substituents is 1. The summed E-state index contributed by atoms with van der Waals surface area (Å²) in [7, 11) is 0. The van der Waals surface area contributed by atoms with Crippen LogP contribution in [0.15, 0.2) is 36.7 Å². The third-order valence-corrected chi connectivity index (χ3v) is 3.03. The van der Waals surface area contributed by atoms with Crippen molar-refractivity contribution in [1.82, 2.24) is 15.2 Å². The lowest BCUT2D eigenvalue weighted by atomic mass is 10.0. The molecule has 0 unspecified atom stereocenters. The third kappa shape index (κ3) is 1.80. The smallest absolute Gasteiger partial charge is 0.155 e. The maximum atomic E-state index is 10.1. The maximum Gasteiger partial charge on any atom is 0.155 e. The predicted molar refractivity (Wildman–Crippen MR) is 76.8 cm³/mol. The van der Waals surface area contributed by atoms with Gasteiger partial charge in [0.2, 0.25) is 0 Å². The molecule has 0 amide bonds.